The van der Waals surface area contributed by atoms with E-state index < -0.39 is 6.04 Å². The Kier molecular flexibility index (Phi) is 4.97. The molecule has 0 aliphatic carbocycles. The Morgan fingerprint density at radius 1 is 1.35 bits per heavy atom. The Labute approximate surface area is 102 Å². The second kappa shape index (κ2) is 6.25. The molecule has 1 amide bonds. The number of carbonyl (C=O) groups excluding carboxylic acids is 1. The molecule has 0 aromatic heterocycles. The van der Waals surface area contributed by atoms with E-state index in [1.54, 1.807) is 12.1 Å². The zero-order chi connectivity index (χ0) is 12.8. The lowest BCUT2D eigenvalue weighted by Gasteiger charge is -2.12. The summed E-state index contributed by atoms with van der Waals surface area (Å²) in [6, 6.07) is 6.80. The van der Waals surface area contributed by atoms with Crippen LogP contribution in [0, 0.1) is 0 Å². The van der Waals surface area contributed by atoms with E-state index in [4.69, 9.17) is 10.5 Å². The van der Waals surface area contributed by atoms with Gasteiger partial charge in [0.05, 0.1) is 12.1 Å². The second-order valence-corrected chi connectivity index (χ2v) is 4.19. The Hall–Kier alpha value is -1.55. The molecule has 0 aliphatic rings. The third-order valence-electron chi connectivity index (χ3n) is 2.27. The molecule has 94 valence electrons. The van der Waals surface area contributed by atoms with Crippen LogP contribution in [-0.4, -0.2) is 18.1 Å². The van der Waals surface area contributed by atoms with Crippen LogP contribution in [0.2, 0.25) is 0 Å². The van der Waals surface area contributed by atoms with Gasteiger partial charge in [0.25, 0.3) is 0 Å². The highest BCUT2D eigenvalue weighted by Crippen LogP contribution is 2.17. The van der Waals surface area contributed by atoms with Crippen molar-refractivity contribution in [2.45, 2.75) is 39.3 Å². The van der Waals surface area contributed by atoms with Crippen LogP contribution in [-0.2, 0) is 4.79 Å². The van der Waals surface area contributed by atoms with Crippen LogP contribution in [0.5, 0.6) is 5.75 Å². The highest BCUT2D eigenvalue weighted by atomic mass is 16.5. The van der Waals surface area contributed by atoms with Crippen LogP contribution >= 0.6 is 0 Å². The van der Waals surface area contributed by atoms with Crippen LogP contribution in [0.4, 0.5) is 5.69 Å². The number of hydrogen-bond acceptors (Lipinski definition) is 3. The lowest BCUT2D eigenvalue weighted by Crippen LogP contribution is -2.34. The minimum atomic E-state index is -0.457. The summed E-state index contributed by atoms with van der Waals surface area (Å²) in [4.78, 5) is 11.5. The maximum Gasteiger partial charge on any atom is 0.241 e. The predicted octanol–water partition coefficient (Wildman–Crippen LogP) is 2.15. The predicted molar refractivity (Wildman–Crippen MR) is 69.1 cm³/mol. The molecule has 0 fully saturated rings. The Bertz CT molecular complexity index is 360. The number of hydrogen-bond donors (Lipinski definition) is 2. The van der Waals surface area contributed by atoms with Crippen molar-refractivity contribution in [2.24, 2.45) is 5.73 Å². The van der Waals surface area contributed by atoms with Gasteiger partial charge in [-0.3, -0.25) is 4.79 Å². The molecule has 0 spiro atoms. The largest absolute Gasteiger partial charge is 0.491 e. The van der Waals surface area contributed by atoms with Gasteiger partial charge in [-0.2, -0.15) is 0 Å². The van der Waals surface area contributed by atoms with E-state index in [-0.39, 0.29) is 12.0 Å². The van der Waals surface area contributed by atoms with E-state index in [2.05, 4.69) is 5.32 Å². The smallest absolute Gasteiger partial charge is 0.241 e. The number of anilines is 1. The van der Waals surface area contributed by atoms with E-state index in [9.17, 15) is 4.79 Å². The van der Waals surface area contributed by atoms with Gasteiger partial charge in [-0.25, -0.2) is 0 Å². The molecule has 0 aliphatic heterocycles. The van der Waals surface area contributed by atoms with Crippen molar-refractivity contribution in [3.05, 3.63) is 24.3 Å². The molecule has 1 atom stereocenters. The first-order chi connectivity index (χ1) is 8.02. The lowest BCUT2D eigenvalue weighted by atomic mass is 10.2. The Morgan fingerprint density at radius 2 is 1.94 bits per heavy atom. The summed E-state index contributed by atoms with van der Waals surface area (Å²) >= 11 is 0. The topological polar surface area (TPSA) is 64.4 Å². The molecule has 1 aromatic carbocycles. The summed E-state index contributed by atoms with van der Waals surface area (Å²) in [5.41, 5.74) is 6.35. The summed E-state index contributed by atoms with van der Waals surface area (Å²) in [5, 5.41) is 2.75. The molecule has 1 aromatic rings. The molecule has 0 saturated heterocycles. The van der Waals surface area contributed by atoms with Gasteiger partial charge in [-0.1, -0.05) is 6.92 Å². The van der Waals surface area contributed by atoms with Gasteiger partial charge in [0.15, 0.2) is 0 Å². The van der Waals surface area contributed by atoms with Gasteiger partial charge in [-0.15, -0.1) is 0 Å². The van der Waals surface area contributed by atoms with E-state index in [0.29, 0.717) is 6.42 Å². The van der Waals surface area contributed by atoms with Crippen molar-refractivity contribution in [3.63, 3.8) is 0 Å². The van der Waals surface area contributed by atoms with Crippen molar-refractivity contribution in [3.8, 4) is 5.75 Å². The van der Waals surface area contributed by atoms with Crippen molar-refractivity contribution in [2.75, 3.05) is 5.32 Å². The summed E-state index contributed by atoms with van der Waals surface area (Å²) in [7, 11) is 0. The number of nitrogens with one attached hydrogen (secondary N) is 1. The van der Waals surface area contributed by atoms with E-state index in [1.807, 2.05) is 32.9 Å². The van der Waals surface area contributed by atoms with Crippen LogP contribution in [0.15, 0.2) is 24.3 Å². The van der Waals surface area contributed by atoms with Crippen LogP contribution in [0.25, 0.3) is 0 Å². The fraction of sp³-hybridized carbons (Fsp3) is 0.462. The molecule has 0 heterocycles. The molecule has 0 saturated carbocycles. The summed E-state index contributed by atoms with van der Waals surface area (Å²) in [6.07, 6.45) is 0.768. The van der Waals surface area contributed by atoms with Gasteiger partial charge >= 0.3 is 0 Å². The van der Waals surface area contributed by atoms with Gasteiger partial charge in [0.1, 0.15) is 5.75 Å². The van der Waals surface area contributed by atoms with Crippen molar-refractivity contribution >= 4 is 11.6 Å². The van der Waals surface area contributed by atoms with E-state index in [0.717, 1.165) is 11.4 Å². The fourth-order valence-corrected chi connectivity index (χ4v) is 1.31. The molecule has 0 radical (unpaired) electrons. The molecule has 1 unspecified atom stereocenters. The average molecular weight is 236 g/mol. The normalized spacial score (nSPS) is 12.3. The number of nitrogens with two attached hydrogens (primary N) is 1. The van der Waals surface area contributed by atoms with E-state index >= 15 is 0 Å². The number of rotatable bonds is 5. The van der Waals surface area contributed by atoms with Gasteiger partial charge in [0.2, 0.25) is 5.91 Å². The molecule has 4 heteroatoms. The molecular weight excluding hydrogens is 216 g/mol. The van der Waals surface area contributed by atoms with Gasteiger partial charge in [-0.05, 0) is 44.5 Å². The van der Waals surface area contributed by atoms with Crippen LogP contribution in [0.1, 0.15) is 27.2 Å². The SMILES string of the molecule is CCC(N)C(=O)Nc1ccc(OC(C)C)cc1. The first-order valence-corrected chi connectivity index (χ1v) is 5.86. The van der Waals surface area contributed by atoms with E-state index in [1.165, 1.54) is 0 Å². The monoisotopic (exact) mass is 236 g/mol. The zero-order valence-electron chi connectivity index (χ0n) is 10.6. The third kappa shape index (κ3) is 4.44. The van der Waals surface area contributed by atoms with Crippen LogP contribution in [0.3, 0.4) is 0 Å². The first-order valence-electron chi connectivity index (χ1n) is 5.86. The highest BCUT2D eigenvalue weighted by molar-refractivity contribution is 5.94. The molecular formula is C13H20N2O2. The van der Waals surface area contributed by atoms with Crippen molar-refractivity contribution in [1.82, 2.24) is 0 Å². The maximum atomic E-state index is 11.5. The molecule has 0 bridgehead atoms. The zero-order valence-corrected chi connectivity index (χ0v) is 10.6. The number of amides is 1. The standard InChI is InChI=1S/C13H20N2O2/c1-4-12(14)13(16)15-10-5-7-11(8-6-10)17-9(2)3/h5-9,12H,4,14H2,1-3H3,(H,15,16). The maximum absolute atomic E-state index is 11.5. The molecule has 1 rings (SSSR count). The minimum absolute atomic E-state index is 0.143. The third-order valence-corrected chi connectivity index (χ3v) is 2.27. The fourth-order valence-electron chi connectivity index (χ4n) is 1.31. The van der Waals surface area contributed by atoms with Crippen LogP contribution < -0.4 is 15.8 Å². The first kappa shape index (κ1) is 13.5. The Balaban J connectivity index is 2.59. The number of carbonyl (C=O) groups is 1. The molecule has 3 N–H and O–H groups in total. The average Bonchev–Trinajstić information content (AvgIpc) is 2.30. The number of benzene rings is 1. The lowest BCUT2D eigenvalue weighted by molar-refractivity contribution is -0.117. The summed E-state index contributed by atoms with van der Waals surface area (Å²) in [6.45, 7) is 5.82. The molecule has 4 nitrogen and oxygen atoms in total. The van der Waals surface area contributed by atoms with Crippen molar-refractivity contribution in [1.29, 1.82) is 0 Å². The highest BCUT2D eigenvalue weighted by Gasteiger charge is 2.10. The van der Waals surface area contributed by atoms with Gasteiger partial charge < -0.3 is 15.8 Å². The summed E-state index contributed by atoms with van der Waals surface area (Å²) in [5.74, 6) is 0.628. The minimum Gasteiger partial charge on any atom is -0.491 e. The van der Waals surface area contributed by atoms with Gasteiger partial charge in [0, 0.05) is 5.69 Å². The number of ether oxygens (including phenoxy) is 1. The second-order valence-electron chi connectivity index (χ2n) is 4.19. The Morgan fingerprint density at radius 3 is 2.41 bits per heavy atom. The summed E-state index contributed by atoms with van der Waals surface area (Å²) < 4.78 is 5.51. The molecule has 17 heavy (non-hydrogen) atoms. The quantitative estimate of drug-likeness (QED) is 0.823. The van der Waals surface area contributed by atoms with Crippen molar-refractivity contribution < 1.29 is 9.53 Å².